The Bertz CT molecular complexity index is 197. The second-order valence-electron chi connectivity index (χ2n) is 5.61. The zero-order chi connectivity index (χ0) is 12.7. The summed E-state index contributed by atoms with van der Waals surface area (Å²) in [5, 5.41) is 3.66. The minimum absolute atomic E-state index is 0.713. The largest absolute Gasteiger partial charge is 0.311 e. The van der Waals surface area contributed by atoms with E-state index in [-0.39, 0.29) is 0 Å². The Morgan fingerprint density at radius 3 is 2.76 bits per heavy atom. The number of thioether (sulfide) groups is 1. The third-order valence-corrected chi connectivity index (χ3v) is 4.48. The van der Waals surface area contributed by atoms with Gasteiger partial charge in [0.2, 0.25) is 0 Å². The molecule has 1 aliphatic rings. The molecule has 2 unspecified atom stereocenters. The first-order valence-corrected chi connectivity index (χ1v) is 8.34. The molecular formula is C14H30N2S. The molecule has 1 rings (SSSR count). The van der Waals surface area contributed by atoms with Crippen molar-refractivity contribution in [1.29, 1.82) is 0 Å². The van der Waals surface area contributed by atoms with Crippen molar-refractivity contribution < 1.29 is 0 Å². The smallest absolute Gasteiger partial charge is 0.0198 e. The molecule has 0 amide bonds. The van der Waals surface area contributed by atoms with Crippen molar-refractivity contribution in [3.05, 3.63) is 0 Å². The van der Waals surface area contributed by atoms with E-state index in [1.807, 2.05) is 0 Å². The Morgan fingerprint density at radius 1 is 1.35 bits per heavy atom. The normalized spacial score (nSPS) is 24.2. The standard InChI is InChI=1S/C14H30N2S/c1-5-17-9-6-13(4)16-8-7-15-14(11-16)10-12(2)3/h12-15H,5-11H2,1-4H3. The Kier molecular flexibility index (Phi) is 7.56. The number of hydrogen-bond acceptors (Lipinski definition) is 3. The van der Waals surface area contributed by atoms with E-state index in [0.29, 0.717) is 6.04 Å². The van der Waals surface area contributed by atoms with Crippen LogP contribution < -0.4 is 5.32 Å². The van der Waals surface area contributed by atoms with Gasteiger partial charge < -0.3 is 5.32 Å². The first-order chi connectivity index (χ1) is 8.13. The molecule has 1 aliphatic heterocycles. The summed E-state index contributed by atoms with van der Waals surface area (Å²) in [6.45, 7) is 12.9. The van der Waals surface area contributed by atoms with E-state index in [0.717, 1.165) is 12.0 Å². The highest BCUT2D eigenvalue weighted by molar-refractivity contribution is 7.99. The molecule has 0 radical (unpaired) electrons. The van der Waals surface area contributed by atoms with Crippen LogP contribution in [-0.2, 0) is 0 Å². The fourth-order valence-corrected chi connectivity index (χ4v) is 3.36. The molecule has 0 aromatic heterocycles. The summed E-state index contributed by atoms with van der Waals surface area (Å²) in [6, 6.07) is 1.47. The molecule has 1 fully saturated rings. The predicted molar refractivity (Wildman–Crippen MR) is 79.9 cm³/mol. The fraction of sp³-hybridized carbons (Fsp3) is 1.00. The van der Waals surface area contributed by atoms with Crippen LogP contribution in [0, 0.1) is 5.92 Å². The SMILES string of the molecule is CCSCCC(C)N1CCNC(CC(C)C)C1. The highest BCUT2D eigenvalue weighted by Gasteiger charge is 2.23. The molecule has 0 aromatic rings. The van der Waals surface area contributed by atoms with Crippen molar-refractivity contribution in [2.75, 3.05) is 31.1 Å². The van der Waals surface area contributed by atoms with Crippen LogP contribution in [0.15, 0.2) is 0 Å². The quantitative estimate of drug-likeness (QED) is 0.707. The summed E-state index contributed by atoms with van der Waals surface area (Å²) >= 11 is 2.07. The van der Waals surface area contributed by atoms with E-state index in [1.54, 1.807) is 0 Å². The third-order valence-electron chi connectivity index (χ3n) is 3.55. The van der Waals surface area contributed by atoms with Crippen LogP contribution in [0.2, 0.25) is 0 Å². The summed E-state index contributed by atoms with van der Waals surface area (Å²) in [7, 11) is 0. The van der Waals surface area contributed by atoms with E-state index >= 15 is 0 Å². The van der Waals surface area contributed by atoms with Crippen molar-refractivity contribution in [1.82, 2.24) is 10.2 Å². The second-order valence-corrected chi connectivity index (χ2v) is 7.00. The van der Waals surface area contributed by atoms with E-state index in [2.05, 4.69) is 49.7 Å². The van der Waals surface area contributed by atoms with Crippen molar-refractivity contribution in [3.63, 3.8) is 0 Å². The average molecular weight is 258 g/mol. The highest BCUT2D eigenvalue weighted by Crippen LogP contribution is 2.14. The van der Waals surface area contributed by atoms with Crippen LogP contribution in [0.3, 0.4) is 0 Å². The lowest BCUT2D eigenvalue weighted by atomic mass is 10.0. The van der Waals surface area contributed by atoms with Gasteiger partial charge in [-0.1, -0.05) is 20.8 Å². The lowest BCUT2D eigenvalue weighted by Crippen LogP contribution is -2.53. The van der Waals surface area contributed by atoms with Gasteiger partial charge in [-0.2, -0.15) is 11.8 Å². The fourth-order valence-electron chi connectivity index (χ4n) is 2.56. The molecule has 2 nitrogen and oxygen atoms in total. The minimum atomic E-state index is 0.713. The van der Waals surface area contributed by atoms with Gasteiger partial charge in [0.15, 0.2) is 0 Å². The van der Waals surface area contributed by atoms with E-state index in [4.69, 9.17) is 0 Å². The molecule has 1 saturated heterocycles. The Balaban J connectivity index is 2.27. The lowest BCUT2D eigenvalue weighted by molar-refractivity contribution is 0.141. The molecule has 0 saturated carbocycles. The Morgan fingerprint density at radius 2 is 2.12 bits per heavy atom. The van der Waals surface area contributed by atoms with Crippen LogP contribution in [0.4, 0.5) is 0 Å². The molecule has 1 N–H and O–H groups in total. The average Bonchev–Trinajstić information content (AvgIpc) is 2.28. The van der Waals surface area contributed by atoms with Crippen LogP contribution in [-0.4, -0.2) is 48.1 Å². The minimum Gasteiger partial charge on any atom is -0.311 e. The van der Waals surface area contributed by atoms with Gasteiger partial charge in [-0.15, -0.1) is 0 Å². The Hall–Kier alpha value is 0.270. The molecule has 0 bridgehead atoms. The number of rotatable bonds is 7. The molecule has 0 aromatic carbocycles. The zero-order valence-corrected chi connectivity index (χ0v) is 12.9. The number of nitrogens with one attached hydrogen (secondary N) is 1. The van der Waals surface area contributed by atoms with Crippen LogP contribution in [0.5, 0.6) is 0 Å². The van der Waals surface area contributed by atoms with Crippen LogP contribution in [0.25, 0.3) is 0 Å². The summed E-state index contributed by atoms with van der Waals surface area (Å²) < 4.78 is 0. The van der Waals surface area contributed by atoms with Gasteiger partial charge in [-0.3, -0.25) is 4.90 Å². The van der Waals surface area contributed by atoms with Crippen LogP contribution >= 0.6 is 11.8 Å². The van der Waals surface area contributed by atoms with E-state index in [9.17, 15) is 0 Å². The number of hydrogen-bond donors (Lipinski definition) is 1. The maximum Gasteiger partial charge on any atom is 0.0198 e. The molecular weight excluding hydrogens is 228 g/mol. The molecule has 0 spiro atoms. The number of piperazine rings is 1. The van der Waals surface area contributed by atoms with Gasteiger partial charge in [-0.05, 0) is 37.2 Å². The van der Waals surface area contributed by atoms with Crippen molar-refractivity contribution in [3.8, 4) is 0 Å². The zero-order valence-electron chi connectivity index (χ0n) is 12.0. The van der Waals surface area contributed by atoms with Gasteiger partial charge in [0.25, 0.3) is 0 Å². The maximum atomic E-state index is 3.66. The molecule has 0 aliphatic carbocycles. The van der Waals surface area contributed by atoms with Crippen molar-refractivity contribution in [2.24, 2.45) is 5.92 Å². The molecule has 102 valence electrons. The van der Waals surface area contributed by atoms with E-state index in [1.165, 1.54) is 44.0 Å². The second kappa shape index (κ2) is 8.39. The van der Waals surface area contributed by atoms with Crippen molar-refractivity contribution in [2.45, 2.75) is 52.6 Å². The van der Waals surface area contributed by atoms with Crippen molar-refractivity contribution >= 4 is 11.8 Å². The summed E-state index contributed by atoms with van der Waals surface area (Å²) in [5.74, 6) is 3.37. The van der Waals surface area contributed by atoms with Gasteiger partial charge >= 0.3 is 0 Å². The van der Waals surface area contributed by atoms with Crippen LogP contribution in [0.1, 0.15) is 40.5 Å². The maximum absolute atomic E-state index is 3.66. The van der Waals surface area contributed by atoms with Gasteiger partial charge in [0.1, 0.15) is 0 Å². The van der Waals surface area contributed by atoms with Gasteiger partial charge in [0.05, 0.1) is 0 Å². The monoisotopic (exact) mass is 258 g/mol. The highest BCUT2D eigenvalue weighted by atomic mass is 32.2. The molecule has 17 heavy (non-hydrogen) atoms. The summed E-state index contributed by atoms with van der Waals surface area (Å²) in [4.78, 5) is 2.68. The Labute approximate surface area is 112 Å². The summed E-state index contributed by atoms with van der Waals surface area (Å²) in [6.07, 6.45) is 2.65. The topological polar surface area (TPSA) is 15.3 Å². The van der Waals surface area contributed by atoms with Gasteiger partial charge in [-0.25, -0.2) is 0 Å². The third kappa shape index (κ3) is 6.12. The molecule has 2 atom stereocenters. The van der Waals surface area contributed by atoms with Gasteiger partial charge in [0, 0.05) is 31.7 Å². The first-order valence-electron chi connectivity index (χ1n) is 7.18. The molecule has 1 heterocycles. The number of nitrogens with zero attached hydrogens (tertiary/aromatic N) is 1. The van der Waals surface area contributed by atoms with E-state index < -0.39 is 0 Å². The molecule has 3 heteroatoms. The summed E-state index contributed by atoms with van der Waals surface area (Å²) in [5.41, 5.74) is 0. The lowest BCUT2D eigenvalue weighted by Gasteiger charge is -2.38. The first kappa shape index (κ1) is 15.3. The predicted octanol–water partition coefficient (Wildman–Crippen LogP) is 2.84.